The molecule has 0 aliphatic carbocycles. The molecule has 2 aromatic heterocycles. The van der Waals surface area contributed by atoms with Crippen LogP contribution in [0.1, 0.15) is 41.5 Å². The number of H-pyrrole nitrogens is 1. The monoisotopic (exact) mass is 406 g/mol. The van der Waals surface area contributed by atoms with Crippen LogP contribution in [0.25, 0.3) is 32.7 Å². The van der Waals surface area contributed by atoms with Crippen molar-refractivity contribution in [2.75, 3.05) is 7.11 Å². The Bertz CT molecular complexity index is 1420. The van der Waals surface area contributed by atoms with E-state index in [1.165, 1.54) is 6.20 Å². The van der Waals surface area contributed by atoms with Gasteiger partial charge >= 0.3 is 6.09 Å². The van der Waals surface area contributed by atoms with Gasteiger partial charge in [-0.05, 0) is 39.0 Å². The predicted octanol–water partition coefficient (Wildman–Crippen LogP) is 3.35. The summed E-state index contributed by atoms with van der Waals surface area (Å²) in [6.45, 7) is 5.28. The van der Waals surface area contributed by atoms with Crippen molar-refractivity contribution in [3.8, 4) is 5.75 Å². The molecule has 0 fully saturated rings. The zero-order valence-corrected chi connectivity index (χ0v) is 16.7. The first kappa shape index (κ1) is 18.2. The molecule has 0 unspecified atom stereocenters. The summed E-state index contributed by atoms with van der Waals surface area (Å²) in [7, 11) is 1.55. The minimum absolute atomic E-state index is 0.182. The van der Waals surface area contributed by atoms with E-state index < -0.39 is 23.5 Å². The number of imide groups is 1. The molecule has 30 heavy (non-hydrogen) atoms. The molecule has 9 nitrogen and oxygen atoms in total. The van der Waals surface area contributed by atoms with E-state index in [0.29, 0.717) is 38.5 Å². The highest BCUT2D eigenvalue weighted by molar-refractivity contribution is 6.36. The van der Waals surface area contributed by atoms with Crippen molar-refractivity contribution in [1.29, 1.82) is 0 Å². The third kappa shape index (κ3) is 2.48. The maximum Gasteiger partial charge on any atom is 0.433 e. The predicted molar refractivity (Wildman–Crippen MR) is 109 cm³/mol. The lowest BCUT2D eigenvalue weighted by Crippen LogP contribution is -2.27. The molecule has 1 aliphatic heterocycles. The molecule has 152 valence electrons. The normalized spacial score (nSPS) is 13.9. The number of nitrogens with one attached hydrogen (secondary N) is 2. The quantitative estimate of drug-likeness (QED) is 0.469. The van der Waals surface area contributed by atoms with Gasteiger partial charge < -0.3 is 9.47 Å². The molecule has 2 N–H and O–H groups in total. The second kappa shape index (κ2) is 5.82. The van der Waals surface area contributed by atoms with Crippen LogP contribution >= 0.6 is 0 Å². The van der Waals surface area contributed by atoms with Gasteiger partial charge in [-0.2, -0.15) is 4.68 Å². The standard InChI is InChI=1S/C21H18N4O5/c1-21(2,3)30-20(28)25-8-11-16-13(10-7-9(29-4)5-6-12(10)22-16)14-15(17(11)24-25)19(27)23-18(14)26/h5-8,24H,1-4H3,(H,23,26,27). The molecular formula is C21H18N4O5. The average molecular weight is 406 g/mol. The number of carbonyl (C=O) groups excluding carboxylic acids is 3. The van der Waals surface area contributed by atoms with Crippen molar-refractivity contribution in [2.24, 2.45) is 0 Å². The van der Waals surface area contributed by atoms with Gasteiger partial charge in [0.1, 0.15) is 11.4 Å². The highest BCUT2D eigenvalue weighted by atomic mass is 16.6. The van der Waals surface area contributed by atoms with Gasteiger partial charge in [-0.25, -0.2) is 9.78 Å². The zero-order valence-electron chi connectivity index (χ0n) is 16.7. The number of amides is 2. The van der Waals surface area contributed by atoms with Crippen molar-refractivity contribution < 1.29 is 23.9 Å². The van der Waals surface area contributed by atoms with Crippen molar-refractivity contribution in [3.63, 3.8) is 0 Å². The van der Waals surface area contributed by atoms with Crippen LogP contribution < -0.4 is 10.1 Å². The first-order valence-corrected chi connectivity index (χ1v) is 9.31. The number of aromatic nitrogens is 3. The molecule has 1 aliphatic rings. The van der Waals surface area contributed by atoms with Crippen LogP contribution in [0.2, 0.25) is 0 Å². The molecule has 0 bridgehead atoms. The van der Waals surface area contributed by atoms with Crippen molar-refractivity contribution in [1.82, 2.24) is 20.1 Å². The minimum Gasteiger partial charge on any atom is -0.497 e. The van der Waals surface area contributed by atoms with Gasteiger partial charge in [0, 0.05) is 22.4 Å². The fraction of sp³-hybridized carbons (Fsp3) is 0.238. The Morgan fingerprint density at radius 1 is 1.10 bits per heavy atom. The van der Waals surface area contributed by atoms with Crippen LogP contribution in [0.3, 0.4) is 0 Å². The molecule has 0 spiro atoms. The SMILES string of the molecule is COc1ccc2nc3c4cn(C(=O)OC(C)(C)C)[nH]c4c4c(c3c2c1)C(=O)NC4=O. The number of rotatable bonds is 1. The molecule has 4 aromatic rings. The van der Waals surface area contributed by atoms with Crippen molar-refractivity contribution >= 4 is 50.6 Å². The first-order chi connectivity index (χ1) is 14.2. The highest BCUT2D eigenvalue weighted by Gasteiger charge is 2.35. The second-order valence-electron chi connectivity index (χ2n) is 8.13. The summed E-state index contributed by atoms with van der Waals surface area (Å²) in [4.78, 5) is 42.5. The van der Waals surface area contributed by atoms with Crippen molar-refractivity contribution in [2.45, 2.75) is 26.4 Å². The number of methoxy groups -OCH3 is 1. The van der Waals surface area contributed by atoms with E-state index >= 15 is 0 Å². The number of nitrogens with zero attached hydrogens (tertiary/aromatic N) is 2. The van der Waals surface area contributed by atoms with E-state index in [4.69, 9.17) is 9.47 Å². The number of hydrogen-bond donors (Lipinski definition) is 2. The number of hydrogen-bond acceptors (Lipinski definition) is 6. The maximum absolute atomic E-state index is 12.7. The van der Waals surface area contributed by atoms with Gasteiger partial charge in [-0.3, -0.25) is 20.0 Å². The number of aromatic amines is 1. The van der Waals surface area contributed by atoms with E-state index in [9.17, 15) is 14.4 Å². The lowest BCUT2D eigenvalue weighted by Gasteiger charge is -2.19. The molecule has 0 saturated carbocycles. The first-order valence-electron chi connectivity index (χ1n) is 9.31. The Hall–Kier alpha value is -3.88. The molecule has 0 atom stereocenters. The molecule has 0 radical (unpaired) electrons. The third-order valence-corrected chi connectivity index (χ3v) is 4.98. The molecule has 2 aromatic carbocycles. The van der Waals surface area contributed by atoms with Gasteiger partial charge in [0.2, 0.25) is 0 Å². The summed E-state index contributed by atoms with van der Waals surface area (Å²) >= 11 is 0. The molecule has 0 saturated heterocycles. The lowest BCUT2D eigenvalue weighted by molar-refractivity contribution is 0.0515. The Labute approximate surface area is 169 Å². The molecule has 2 amide bonds. The van der Waals surface area contributed by atoms with Crippen LogP contribution in [0.15, 0.2) is 24.4 Å². The molecule has 3 heterocycles. The summed E-state index contributed by atoms with van der Waals surface area (Å²) in [5, 5.41) is 7.01. The summed E-state index contributed by atoms with van der Waals surface area (Å²) in [5.41, 5.74) is 1.23. The van der Waals surface area contributed by atoms with E-state index in [1.807, 2.05) is 0 Å². The number of benzene rings is 2. The van der Waals surface area contributed by atoms with Crippen LogP contribution in [0.5, 0.6) is 5.75 Å². The summed E-state index contributed by atoms with van der Waals surface area (Å²) in [5.74, 6) is -0.428. The van der Waals surface area contributed by atoms with Gasteiger partial charge in [-0.15, -0.1) is 0 Å². The average Bonchev–Trinajstić information content (AvgIpc) is 3.33. The van der Waals surface area contributed by atoms with Crippen molar-refractivity contribution in [3.05, 3.63) is 35.5 Å². The molecule has 9 heteroatoms. The van der Waals surface area contributed by atoms with Crippen LogP contribution in [0, 0.1) is 0 Å². The van der Waals surface area contributed by atoms with E-state index in [1.54, 1.807) is 46.1 Å². The minimum atomic E-state index is -0.699. The molecule has 5 rings (SSSR count). The smallest absolute Gasteiger partial charge is 0.433 e. The lowest BCUT2D eigenvalue weighted by atomic mass is 9.99. The van der Waals surface area contributed by atoms with Gasteiger partial charge in [0.05, 0.1) is 34.8 Å². The number of fused-ring (bicyclic) bond motifs is 8. The van der Waals surface area contributed by atoms with Gasteiger partial charge in [0.25, 0.3) is 11.8 Å². The maximum atomic E-state index is 12.7. The fourth-order valence-electron chi connectivity index (χ4n) is 3.81. The van der Waals surface area contributed by atoms with Crippen LogP contribution in [-0.2, 0) is 4.74 Å². The summed E-state index contributed by atoms with van der Waals surface area (Å²) in [6, 6.07) is 5.34. The Balaban J connectivity index is 1.89. The Kier molecular flexibility index (Phi) is 3.52. The largest absolute Gasteiger partial charge is 0.497 e. The van der Waals surface area contributed by atoms with E-state index in [0.717, 1.165) is 4.68 Å². The topological polar surface area (TPSA) is 115 Å². The Morgan fingerprint density at radius 3 is 2.53 bits per heavy atom. The van der Waals surface area contributed by atoms with Crippen LogP contribution in [0.4, 0.5) is 4.79 Å². The van der Waals surface area contributed by atoms with Gasteiger partial charge in [0.15, 0.2) is 0 Å². The van der Waals surface area contributed by atoms with E-state index in [2.05, 4.69) is 15.4 Å². The molecular weight excluding hydrogens is 388 g/mol. The highest BCUT2D eigenvalue weighted by Crippen LogP contribution is 2.39. The van der Waals surface area contributed by atoms with Crippen LogP contribution in [-0.4, -0.2) is 45.4 Å². The zero-order chi connectivity index (χ0) is 21.4. The number of carbonyl (C=O) groups is 3. The summed E-state index contributed by atoms with van der Waals surface area (Å²) in [6.07, 6.45) is 0.897. The fourth-order valence-corrected chi connectivity index (χ4v) is 3.81. The number of ether oxygens (including phenoxy) is 2. The third-order valence-electron chi connectivity index (χ3n) is 4.98. The van der Waals surface area contributed by atoms with E-state index in [-0.39, 0.29) is 11.1 Å². The second-order valence-corrected chi connectivity index (χ2v) is 8.13. The summed E-state index contributed by atoms with van der Waals surface area (Å²) < 4.78 is 11.9. The Morgan fingerprint density at radius 2 is 1.83 bits per heavy atom. The van der Waals surface area contributed by atoms with Gasteiger partial charge in [-0.1, -0.05) is 0 Å².